The second kappa shape index (κ2) is 18.5. The molecule has 8 nitrogen and oxygen atoms in total. The van der Waals surface area contributed by atoms with Crippen molar-refractivity contribution in [1.82, 2.24) is 5.32 Å². The van der Waals surface area contributed by atoms with Gasteiger partial charge in [-0.25, -0.2) is 4.57 Å². The van der Waals surface area contributed by atoms with Crippen LogP contribution in [-0.4, -0.2) is 52.5 Å². The van der Waals surface area contributed by atoms with Gasteiger partial charge in [0.15, 0.2) is 0 Å². The van der Waals surface area contributed by atoms with Crippen LogP contribution in [0, 0.1) is 0 Å². The summed E-state index contributed by atoms with van der Waals surface area (Å²) in [4.78, 5) is 11.8. The molecule has 3 N–H and O–H groups in total. The number of esters is 1. The van der Waals surface area contributed by atoms with Gasteiger partial charge in [0.1, 0.15) is 6.61 Å². The van der Waals surface area contributed by atoms with Gasteiger partial charge in [-0.3, -0.25) is 18.4 Å². The third-order valence-corrected chi connectivity index (χ3v) is 5.63. The Balaban J connectivity index is 3.70. The van der Waals surface area contributed by atoms with Gasteiger partial charge in [0.25, 0.3) is 0 Å². The lowest BCUT2D eigenvalue weighted by Crippen LogP contribution is -2.32. The smallest absolute Gasteiger partial charge is 0.464 e. The molecule has 0 heterocycles. The average Bonchev–Trinajstić information content (AvgIpc) is 2.69. The number of carbonyl (C=O) groups is 1. The first-order valence-corrected chi connectivity index (χ1v) is 11.9. The molecule has 28 heavy (non-hydrogen) atoms. The molecule has 0 saturated carbocycles. The van der Waals surface area contributed by atoms with E-state index in [1.54, 1.807) is 7.05 Å². The molecule has 0 bridgehead atoms. The molecular weight excluding hydrogens is 383 g/mol. The number of likely N-dealkylation sites (N-methyl/N-ethyl adjacent to an activating group) is 1. The number of phosphoric acid groups is 1. The Bertz CT molecular complexity index is 425. The highest BCUT2D eigenvalue weighted by Gasteiger charge is 2.25. The zero-order valence-corrected chi connectivity index (χ0v) is 18.8. The van der Waals surface area contributed by atoms with Crippen LogP contribution in [0.15, 0.2) is 0 Å². The molecule has 2 unspecified atom stereocenters. The summed E-state index contributed by atoms with van der Waals surface area (Å²) in [5.41, 5.74) is 5.84. The fourth-order valence-corrected chi connectivity index (χ4v) is 3.46. The molecule has 0 fully saturated rings. The number of carbonyl (C=O) groups excluding carboxylic acids is 1. The van der Waals surface area contributed by atoms with Crippen LogP contribution in [0.4, 0.5) is 0 Å². The lowest BCUT2D eigenvalue weighted by molar-refractivity contribution is -0.144. The highest BCUT2D eigenvalue weighted by molar-refractivity contribution is 7.48. The predicted molar refractivity (Wildman–Crippen MR) is 111 cm³/mol. The molecule has 168 valence electrons. The summed E-state index contributed by atoms with van der Waals surface area (Å²) in [6.45, 7) is 2.84. The van der Waals surface area contributed by atoms with Crippen LogP contribution in [0.2, 0.25) is 0 Å². The van der Waals surface area contributed by atoms with Gasteiger partial charge < -0.3 is 15.8 Å². The third-order valence-electron chi connectivity index (χ3n) is 4.21. The minimum Gasteiger partial charge on any atom is -0.464 e. The maximum atomic E-state index is 12.1. The lowest BCUT2D eigenvalue weighted by Gasteiger charge is -2.18. The quantitative estimate of drug-likeness (QED) is 0.173. The van der Waals surface area contributed by atoms with Gasteiger partial charge in [-0.1, -0.05) is 58.3 Å². The molecule has 0 spiro atoms. The molecule has 0 aliphatic rings. The van der Waals surface area contributed by atoms with Gasteiger partial charge in [-0.05, 0) is 13.5 Å². The molecule has 0 radical (unpaired) electrons. The van der Waals surface area contributed by atoms with E-state index in [-0.39, 0.29) is 25.8 Å². The van der Waals surface area contributed by atoms with Crippen molar-refractivity contribution >= 4 is 13.8 Å². The molecular formula is C19H41N2O6P. The lowest BCUT2D eigenvalue weighted by atomic mass is 10.1. The fourth-order valence-electron chi connectivity index (χ4n) is 2.49. The molecule has 0 aliphatic heterocycles. The number of hydrogen-bond donors (Lipinski definition) is 2. The summed E-state index contributed by atoms with van der Waals surface area (Å²) < 4.78 is 32.3. The SMILES string of the molecule is CCCCCCCCCCCC(=O)OCC(N)COP(=O)(OC)OCCNC. The van der Waals surface area contributed by atoms with E-state index in [0.29, 0.717) is 13.0 Å². The topological polar surface area (TPSA) is 109 Å². The molecule has 0 aromatic carbocycles. The Kier molecular flexibility index (Phi) is 18.2. The number of phosphoric ester groups is 1. The van der Waals surface area contributed by atoms with Crippen molar-refractivity contribution in [2.45, 2.75) is 77.2 Å². The van der Waals surface area contributed by atoms with E-state index in [2.05, 4.69) is 12.2 Å². The Morgan fingerprint density at radius 2 is 1.61 bits per heavy atom. The number of hydrogen-bond acceptors (Lipinski definition) is 8. The minimum atomic E-state index is -3.63. The van der Waals surface area contributed by atoms with Gasteiger partial charge in [-0.15, -0.1) is 0 Å². The van der Waals surface area contributed by atoms with Gasteiger partial charge in [0.05, 0.1) is 19.3 Å². The first-order chi connectivity index (χ1) is 13.5. The summed E-state index contributed by atoms with van der Waals surface area (Å²) in [7, 11) is -0.632. The van der Waals surface area contributed by atoms with E-state index in [4.69, 9.17) is 24.0 Å². The zero-order chi connectivity index (χ0) is 21.1. The largest absolute Gasteiger partial charge is 0.474 e. The number of unbranched alkanes of at least 4 members (excludes halogenated alkanes) is 8. The van der Waals surface area contributed by atoms with Crippen molar-refractivity contribution in [2.24, 2.45) is 5.73 Å². The molecule has 0 amide bonds. The zero-order valence-electron chi connectivity index (χ0n) is 18.0. The number of ether oxygens (including phenoxy) is 1. The van der Waals surface area contributed by atoms with Crippen LogP contribution in [0.3, 0.4) is 0 Å². The summed E-state index contributed by atoms with van der Waals surface area (Å²) in [5.74, 6) is -0.265. The number of rotatable bonds is 20. The Hall–Kier alpha value is -0.500. The molecule has 0 rings (SSSR count). The van der Waals surface area contributed by atoms with Gasteiger partial charge in [-0.2, -0.15) is 0 Å². The average molecular weight is 425 g/mol. The van der Waals surface area contributed by atoms with E-state index < -0.39 is 13.9 Å². The van der Waals surface area contributed by atoms with Crippen LogP contribution >= 0.6 is 7.82 Å². The molecule has 0 saturated heterocycles. The Morgan fingerprint density at radius 1 is 1.00 bits per heavy atom. The van der Waals surface area contributed by atoms with E-state index in [0.717, 1.165) is 19.3 Å². The second-order valence-electron chi connectivity index (χ2n) is 6.88. The van der Waals surface area contributed by atoms with E-state index in [1.165, 1.54) is 45.6 Å². The molecule has 2 atom stereocenters. The monoisotopic (exact) mass is 424 g/mol. The van der Waals surface area contributed by atoms with Gasteiger partial charge >= 0.3 is 13.8 Å². The predicted octanol–water partition coefficient (Wildman–Crippen LogP) is 3.78. The van der Waals surface area contributed by atoms with Crippen molar-refractivity contribution in [3.63, 3.8) is 0 Å². The third kappa shape index (κ3) is 16.5. The number of nitrogens with two attached hydrogens (primary N) is 1. The van der Waals surface area contributed by atoms with Crippen LogP contribution < -0.4 is 11.1 Å². The van der Waals surface area contributed by atoms with Crippen LogP contribution in [-0.2, 0) is 27.7 Å². The van der Waals surface area contributed by atoms with Crippen molar-refractivity contribution in [3.8, 4) is 0 Å². The second-order valence-corrected chi connectivity index (χ2v) is 8.66. The maximum Gasteiger partial charge on any atom is 0.474 e. The normalized spacial score (nSPS) is 14.6. The summed E-state index contributed by atoms with van der Waals surface area (Å²) >= 11 is 0. The highest BCUT2D eigenvalue weighted by atomic mass is 31.2. The van der Waals surface area contributed by atoms with Crippen LogP contribution in [0.1, 0.15) is 71.1 Å². The summed E-state index contributed by atoms with van der Waals surface area (Å²) in [6, 6.07) is -0.594. The molecule has 0 aromatic heterocycles. The van der Waals surface area contributed by atoms with Crippen molar-refractivity contribution in [1.29, 1.82) is 0 Å². The highest BCUT2D eigenvalue weighted by Crippen LogP contribution is 2.48. The minimum absolute atomic E-state index is 0.0104. The Morgan fingerprint density at radius 3 is 2.18 bits per heavy atom. The molecule has 0 aliphatic carbocycles. The van der Waals surface area contributed by atoms with E-state index in [1.807, 2.05) is 0 Å². The van der Waals surface area contributed by atoms with Gasteiger partial charge in [0.2, 0.25) is 0 Å². The van der Waals surface area contributed by atoms with Crippen LogP contribution in [0.25, 0.3) is 0 Å². The van der Waals surface area contributed by atoms with Crippen LogP contribution in [0.5, 0.6) is 0 Å². The van der Waals surface area contributed by atoms with Crippen molar-refractivity contribution in [3.05, 3.63) is 0 Å². The number of nitrogens with one attached hydrogen (secondary N) is 1. The van der Waals surface area contributed by atoms with E-state index in [9.17, 15) is 9.36 Å². The van der Waals surface area contributed by atoms with Crippen molar-refractivity contribution < 1.29 is 27.7 Å². The standard InChI is InChI=1S/C19H41N2O6P/c1-4-5-6-7-8-9-10-11-12-13-19(22)25-16-18(20)17-27-28(23,24-3)26-15-14-21-2/h18,21H,4-17,20H2,1-3H3. The summed E-state index contributed by atoms with van der Waals surface area (Å²) in [5, 5.41) is 2.86. The van der Waals surface area contributed by atoms with Gasteiger partial charge in [0, 0.05) is 20.1 Å². The van der Waals surface area contributed by atoms with E-state index >= 15 is 0 Å². The fraction of sp³-hybridized carbons (Fsp3) is 0.947. The molecule has 9 heteroatoms. The molecule has 0 aromatic rings. The van der Waals surface area contributed by atoms with Crippen molar-refractivity contribution in [2.75, 3.05) is 40.5 Å². The first-order valence-electron chi connectivity index (χ1n) is 10.5. The summed E-state index contributed by atoms with van der Waals surface area (Å²) in [6.07, 6.45) is 11.2. The first kappa shape index (κ1) is 27.5. The Labute approximate surface area is 170 Å². The maximum absolute atomic E-state index is 12.1.